The minimum Gasteiger partial charge on any atom is -0.0651 e. The molecular weight excluding hydrogens is 240 g/mol. The van der Waals surface area contributed by atoms with Crippen molar-refractivity contribution >= 4 is 0 Å². The number of benzene rings is 2. The molecule has 0 saturated carbocycles. The molecule has 20 heavy (non-hydrogen) atoms. The Bertz CT molecular complexity index is 579. The van der Waals surface area contributed by atoms with E-state index in [9.17, 15) is 0 Å². The maximum Gasteiger partial charge on any atom is -0.0147 e. The summed E-state index contributed by atoms with van der Waals surface area (Å²) in [5.41, 5.74) is 8.74. The summed E-state index contributed by atoms with van der Waals surface area (Å²) in [7, 11) is 0. The lowest BCUT2D eigenvalue weighted by Crippen LogP contribution is -1.97. The van der Waals surface area contributed by atoms with Crippen LogP contribution in [-0.4, -0.2) is 0 Å². The molecule has 0 aliphatic rings. The molecule has 0 N–H and O–H groups in total. The van der Waals surface area contributed by atoms with Gasteiger partial charge in [0, 0.05) is 0 Å². The van der Waals surface area contributed by atoms with Gasteiger partial charge in [-0.25, -0.2) is 0 Å². The van der Waals surface area contributed by atoms with Crippen LogP contribution in [0.5, 0.6) is 0 Å². The van der Waals surface area contributed by atoms with Crippen molar-refractivity contribution in [1.82, 2.24) is 0 Å². The van der Waals surface area contributed by atoms with E-state index in [0.717, 1.165) is 0 Å². The summed E-state index contributed by atoms with van der Waals surface area (Å²) in [5.74, 6) is 0. The molecule has 0 bridgehead atoms. The summed E-state index contributed by atoms with van der Waals surface area (Å²) in [6, 6.07) is 13.5. The quantitative estimate of drug-likeness (QED) is 0.634. The SMILES string of the molecule is CCCc1cccc(-c2cccc(C)c2CCC)c1C. The van der Waals surface area contributed by atoms with Crippen molar-refractivity contribution in [3.8, 4) is 11.1 Å². The third kappa shape index (κ3) is 2.95. The van der Waals surface area contributed by atoms with Crippen LogP contribution in [0, 0.1) is 13.8 Å². The molecule has 0 fully saturated rings. The Morgan fingerprint density at radius 3 is 2.10 bits per heavy atom. The van der Waals surface area contributed by atoms with Crippen LogP contribution in [0.4, 0.5) is 0 Å². The van der Waals surface area contributed by atoms with Gasteiger partial charge in [-0.05, 0) is 60.1 Å². The molecule has 0 atom stereocenters. The maximum absolute atomic E-state index is 2.29. The molecule has 0 heterocycles. The molecule has 0 aliphatic heterocycles. The van der Waals surface area contributed by atoms with Crippen LogP contribution in [0.3, 0.4) is 0 Å². The van der Waals surface area contributed by atoms with Crippen molar-refractivity contribution < 1.29 is 0 Å². The lowest BCUT2D eigenvalue weighted by molar-refractivity contribution is 0.908. The third-order valence-corrected chi connectivity index (χ3v) is 4.17. The Balaban J connectivity index is 2.57. The fraction of sp³-hybridized carbons (Fsp3) is 0.400. The van der Waals surface area contributed by atoms with Crippen molar-refractivity contribution in [2.75, 3.05) is 0 Å². The summed E-state index contributed by atoms with van der Waals surface area (Å²) in [4.78, 5) is 0. The first-order valence-electron chi connectivity index (χ1n) is 7.86. The van der Waals surface area contributed by atoms with E-state index in [2.05, 4.69) is 64.1 Å². The summed E-state index contributed by atoms with van der Waals surface area (Å²) in [6.07, 6.45) is 4.75. The molecule has 0 nitrogen and oxygen atoms in total. The predicted molar refractivity (Wildman–Crippen MR) is 89.3 cm³/mol. The van der Waals surface area contributed by atoms with Crippen LogP contribution in [-0.2, 0) is 12.8 Å². The molecule has 2 aromatic carbocycles. The van der Waals surface area contributed by atoms with Gasteiger partial charge in [-0.15, -0.1) is 0 Å². The van der Waals surface area contributed by atoms with Crippen molar-refractivity contribution in [1.29, 1.82) is 0 Å². The first-order chi connectivity index (χ1) is 9.69. The average Bonchev–Trinajstić information content (AvgIpc) is 2.44. The smallest absolute Gasteiger partial charge is 0.0147 e. The highest BCUT2D eigenvalue weighted by molar-refractivity contribution is 5.72. The Kier molecular flexibility index (Phi) is 5.00. The highest BCUT2D eigenvalue weighted by atomic mass is 14.2. The molecule has 0 aliphatic carbocycles. The molecule has 0 unspecified atom stereocenters. The summed E-state index contributed by atoms with van der Waals surface area (Å²) >= 11 is 0. The monoisotopic (exact) mass is 266 g/mol. The van der Waals surface area contributed by atoms with Gasteiger partial charge in [0.15, 0.2) is 0 Å². The lowest BCUT2D eigenvalue weighted by Gasteiger charge is -2.16. The van der Waals surface area contributed by atoms with Crippen molar-refractivity contribution in [3.05, 3.63) is 58.7 Å². The van der Waals surface area contributed by atoms with Crippen molar-refractivity contribution in [3.63, 3.8) is 0 Å². The second kappa shape index (κ2) is 6.74. The van der Waals surface area contributed by atoms with Gasteiger partial charge in [0.25, 0.3) is 0 Å². The number of rotatable bonds is 5. The topological polar surface area (TPSA) is 0 Å². The number of hydrogen-bond acceptors (Lipinski definition) is 0. The molecule has 0 saturated heterocycles. The highest BCUT2D eigenvalue weighted by Crippen LogP contribution is 2.31. The Morgan fingerprint density at radius 1 is 0.750 bits per heavy atom. The molecule has 0 amide bonds. The zero-order valence-corrected chi connectivity index (χ0v) is 13.3. The zero-order chi connectivity index (χ0) is 14.5. The Labute approximate surface area is 123 Å². The molecule has 0 heteroatoms. The molecular formula is C20H26. The van der Waals surface area contributed by atoms with E-state index < -0.39 is 0 Å². The Morgan fingerprint density at radius 2 is 1.40 bits per heavy atom. The lowest BCUT2D eigenvalue weighted by atomic mass is 9.88. The fourth-order valence-electron chi connectivity index (χ4n) is 3.05. The number of hydrogen-bond donors (Lipinski definition) is 0. The first-order valence-corrected chi connectivity index (χ1v) is 7.86. The molecule has 2 aromatic rings. The molecule has 0 radical (unpaired) electrons. The normalized spacial score (nSPS) is 10.8. The van der Waals surface area contributed by atoms with Gasteiger partial charge in [0.05, 0.1) is 0 Å². The maximum atomic E-state index is 2.29. The van der Waals surface area contributed by atoms with E-state index >= 15 is 0 Å². The fourth-order valence-corrected chi connectivity index (χ4v) is 3.05. The minimum atomic E-state index is 1.17. The summed E-state index contributed by atoms with van der Waals surface area (Å²) < 4.78 is 0. The van der Waals surface area contributed by atoms with Crippen molar-refractivity contribution in [2.24, 2.45) is 0 Å². The van der Waals surface area contributed by atoms with E-state index in [4.69, 9.17) is 0 Å². The largest absolute Gasteiger partial charge is 0.0651 e. The molecule has 2 rings (SSSR count). The molecule has 0 aromatic heterocycles. The second-order valence-electron chi connectivity index (χ2n) is 5.69. The molecule has 106 valence electrons. The minimum absolute atomic E-state index is 1.17. The van der Waals surface area contributed by atoms with E-state index in [1.807, 2.05) is 0 Å². The van der Waals surface area contributed by atoms with Crippen LogP contribution < -0.4 is 0 Å². The molecule has 0 spiro atoms. The average molecular weight is 266 g/mol. The van der Waals surface area contributed by atoms with Crippen LogP contribution in [0.1, 0.15) is 48.9 Å². The van der Waals surface area contributed by atoms with Gasteiger partial charge < -0.3 is 0 Å². The van der Waals surface area contributed by atoms with Crippen LogP contribution in [0.2, 0.25) is 0 Å². The van der Waals surface area contributed by atoms with Gasteiger partial charge in [-0.2, -0.15) is 0 Å². The Hall–Kier alpha value is -1.56. The zero-order valence-electron chi connectivity index (χ0n) is 13.3. The van der Waals surface area contributed by atoms with Gasteiger partial charge in [0.2, 0.25) is 0 Å². The summed E-state index contributed by atoms with van der Waals surface area (Å²) in [6.45, 7) is 9.02. The van der Waals surface area contributed by atoms with Crippen LogP contribution in [0.25, 0.3) is 11.1 Å². The van der Waals surface area contributed by atoms with Gasteiger partial charge in [-0.3, -0.25) is 0 Å². The van der Waals surface area contributed by atoms with Crippen LogP contribution >= 0.6 is 0 Å². The van der Waals surface area contributed by atoms with Gasteiger partial charge in [0.1, 0.15) is 0 Å². The predicted octanol–water partition coefficient (Wildman–Crippen LogP) is 5.88. The standard InChI is InChI=1S/C20H26/c1-5-9-17-12-8-13-19(16(17)4)20-14-7-11-15(3)18(20)10-6-2/h7-8,11-14H,5-6,9-10H2,1-4H3. The number of aryl methyl sites for hydroxylation is 2. The van der Waals surface area contributed by atoms with Gasteiger partial charge >= 0.3 is 0 Å². The van der Waals surface area contributed by atoms with E-state index in [1.54, 1.807) is 0 Å². The second-order valence-corrected chi connectivity index (χ2v) is 5.69. The van der Waals surface area contributed by atoms with E-state index in [1.165, 1.54) is 59.1 Å². The summed E-state index contributed by atoms with van der Waals surface area (Å²) in [5, 5.41) is 0. The highest BCUT2D eigenvalue weighted by Gasteiger charge is 2.11. The van der Waals surface area contributed by atoms with E-state index in [-0.39, 0.29) is 0 Å². The van der Waals surface area contributed by atoms with Crippen molar-refractivity contribution in [2.45, 2.75) is 53.4 Å². The van der Waals surface area contributed by atoms with E-state index in [0.29, 0.717) is 0 Å². The third-order valence-electron chi connectivity index (χ3n) is 4.17. The van der Waals surface area contributed by atoms with Crippen LogP contribution in [0.15, 0.2) is 36.4 Å². The first kappa shape index (κ1) is 14.8. The van der Waals surface area contributed by atoms with Gasteiger partial charge in [-0.1, -0.05) is 63.1 Å².